The van der Waals surface area contributed by atoms with E-state index in [0.717, 1.165) is 5.56 Å². The highest BCUT2D eigenvalue weighted by atomic mass is 19.1. The van der Waals surface area contributed by atoms with Crippen LogP contribution in [-0.4, -0.2) is 5.11 Å². The monoisotopic (exact) mass is 285 g/mol. The summed E-state index contributed by atoms with van der Waals surface area (Å²) in [4.78, 5) is 0. The summed E-state index contributed by atoms with van der Waals surface area (Å²) in [5.74, 6) is 0.151. The van der Waals surface area contributed by atoms with E-state index in [4.69, 9.17) is 10.00 Å². The van der Waals surface area contributed by atoms with Crippen molar-refractivity contribution in [3.05, 3.63) is 65.0 Å². The molecule has 0 aromatic heterocycles. The third kappa shape index (κ3) is 3.80. The van der Waals surface area contributed by atoms with Gasteiger partial charge in [-0.15, -0.1) is 0 Å². The quantitative estimate of drug-likeness (QED) is 0.911. The Balaban J connectivity index is 2.02. The lowest BCUT2D eigenvalue weighted by Gasteiger charge is -2.10. The first-order valence-corrected chi connectivity index (χ1v) is 6.73. The zero-order chi connectivity index (χ0) is 15.2. The van der Waals surface area contributed by atoms with E-state index in [1.165, 1.54) is 6.07 Å². The van der Waals surface area contributed by atoms with E-state index in [1.54, 1.807) is 36.4 Å². The Morgan fingerprint density at radius 1 is 1.24 bits per heavy atom. The molecule has 4 heteroatoms. The Morgan fingerprint density at radius 2 is 1.95 bits per heavy atom. The molecule has 0 spiro atoms. The first kappa shape index (κ1) is 15.0. The van der Waals surface area contributed by atoms with Gasteiger partial charge >= 0.3 is 0 Å². The second-order valence-corrected chi connectivity index (χ2v) is 4.70. The van der Waals surface area contributed by atoms with Crippen molar-refractivity contribution in [2.75, 3.05) is 0 Å². The number of aliphatic hydroxyl groups excluding tert-OH is 1. The number of benzene rings is 2. The summed E-state index contributed by atoms with van der Waals surface area (Å²) in [5, 5.41) is 18.4. The first-order chi connectivity index (χ1) is 10.1. The number of nitriles is 1. The number of ether oxygens (including phenoxy) is 1. The zero-order valence-corrected chi connectivity index (χ0v) is 11.7. The van der Waals surface area contributed by atoms with Crippen LogP contribution < -0.4 is 4.74 Å². The maximum atomic E-state index is 13.7. The lowest BCUT2D eigenvalue weighted by Crippen LogP contribution is -2.00. The summed E-state index contributed by atoms with van der Waals surface area (Å²) in [6, 6.07) is 13.3. The van der Waals surface area contributed by atoms with Crippen LogP contribution in [0, 0.1) is 17.1 Å². The van der Waals surface area contributed by atoms with Crippen molar-refractivity contribution >= 4 is 0 Å². The van der Waals surface area contributed by atoms with Gasteiger partial charge in [0.2, 0.25) is 0 Å². The predicted octanol–water partition coefficient (Wildman–Crippen LogP) is 3.72. The van der Waals surface area contributed by atoms with Crippen molar-refractivity contribution in [1.82, 2.24) is 0 Å². The molecular formula is C17H16FNO2. The van der Waals surface area contributed by atoms with Gasteiger partial charge in [-0.25, -0.2) is 4.39 Å². The van der Waals surface area contributed by atoms with Crippen LogP contribution in [0.15, 0.2) is 42.5 Å². The van der Waals surface area contributed by atoms with Gasteiger partial charge in [0.25, 0.3) is 0 Å². The highest BCUT2D eigenvalue weighted by Gasteiger charge is 2.06. The van der Waals surface area contributed by atoms with Crippen LogP contribution in [0.1, 0.15) is 36.1 Å². The van der Waals surface area contributed by atoms with E-state index >= 15 is 0 Å². The molecule has 0 fully saturated rings. The smallest absolute Gasteiger partial charge is 0.131 e. The molecule has 2 aromatic rings. The fourth-order valence-electron chi connectivity index (χ4n) is 1.92. The standard InChI is InChI=1S/C17H16FNO2/c1-2-17(20)13-5-7-15(8-6-13)21-11-14-4-3-12(10-19)9-16(14)18/h3-9,17,20H,2,11H2,1H3/t17-/m1/s1. The number of rotatable bonds is 5. The van der Waals surface area contributed by atoms with Crippen LogP contribution in [0.3, 0.4) is 0 Å². The Hall–Kier alpha value is -2.38. The Kier molecular flexibility index (Phi) is 4.91. The SMILES string of the molecule is CC[C@@H](O)c1ccc(OCc2ccc(C#N)cc2F)cc1. The highest BCUT2D eigenvalue weighted by molar-refractivity contribution is 5.33. The molecule has 3 nitrogen and oxygen atoms in total. The third-order valence-electron chi connectivity index (χ3n) is 3.23. The number of nitrogens with zero attached hydrogens (tertiary/aromatic N) is 1. The van der Waals surface area contributed by atoms with Gasteiger partial charge in [0.15, 0.2) is 0 Å². The maximum Gasteiger partial charge on any atom is 0.131 e. The van der Waals surface area contributed by atoms with Gasteiger partial charge in [0.05, 0.1) is 17.7 Å². The van der Waals surface area contributed by atoms with E-state index in [9.17, 15) is 9.50 Å². The molecule has 108 valence electrons. The van der Waals surface area contributed by atoms with Crippen molar-refractivity contribution < 1.29 is 14.2 Å². The van der Waals surface area contributed by atoms with Crippen molar-refractivity contribution in [3.63, 3.8) is 0 Å². The summed E-state index contributed by atoms with van der Waals surface area (Å²) in [6.45, 7) is 2.00. The van der Waals surface area contributed by atoms with Gasteiger partial charge in [0, 0.05) is 5.56 Å². The average Bonchev–Trinajstić information content (AvgIpc) is 2.53. The number of hydrogen-bond donors (Lipinski definition) is 1. The molecule has 0 aliphatic rings. The number of halogens is 1. The molecule has 21 heavy (non-hydrogen) atoms. The molecule has 0 aliphatic heterocycles. The summed E-state index contributed by atoms with van der Waals surface area (Å²) in [5.41, 5.74) is 1.51. The predicted molar refractivity (Wildman–Crippen MR) is 77.1 cm³/mol. The van der Waals surface area contributed by atoms with Crippen molar-refractivity contribution in [1.29, 1.82) is 5.26 Å². The number of aliphatic hydroxyl groups is 1. The minimum atomic E-state index is -0.477. The van der Waals surface area contributed by atoms with Gasteiger partial charge in [-0.1, -0.05) is 25.1 Å². The molecule has 0 bridgehead atoms. The average molecular weight is 285 g/mol. The van der Waals surface area contributed by atoms with Crippen LogP contribution >= 0.6 is 0 Å². The van der Waals surface area contributed by atoms with Gasteiger partial charge in [-0.3, -0.25) is 0 Å². The molecule has 0 unspecified atom stereocenters. The molecule has 0 saturated carbocycles. The van der Waals surface area contributed by atoms with Gasteiger partial charge in [-0.2, -0.15) is 5.26 Å². The minimum Gasteiger partial charge on any atom is -0.489 e. The fraction of sp³-hybridized carbons (Fsp3) is 0.235. The molecule has 0 radical (unpaired) electrons. The fourth-order valence-corrected chi connectivity index (χ4v) is 1.92. The van der Waals surface area contributed by atoms with Crippen molar-refractivity contribution in [2.45, 2.75) is 26.1 Å². The Labute approximate surface area is 123 Å². The van der Waals surface area contributed by atoms with E-state index in [-0.39, 0.29) is 12.2 Å². The third-order valence-corrected chi connectivity index (χ3v) is 3.23. The topological polar surface area (TPSA) is 53.2 Å². The Morgan fingerprint density at radius 3 is 2.52 bits per heavy atom. The summed E-state index contributed by atoms with van der Waals surface area (Å²) in [7, 11) is 0. The molecule has 2 rings (SSSR count). The summed E-state index contributed by atoms with van der Waals surface area (Å²) >= 11 is 0. The zero-order valence-electron chi connectivity index (χ0n) is 11.7. The lowest BCUT2D eigenvalue weighted by molar-refractivity contribution is 0.173. The van der Waals surface area contributed by atoms with Crippen LogP contribution in [0.4, 0.5) is 4.39 Å². The van der Waals surface area contributed by atoms with Crippen LogP contribution in [0.25, 0.3) is 0 Å². The van der Waals surface area contributed by atoms with Crippen LogP contribution in [0.2, 0.25) is 0 Å². The molecule has 0 saturated heterocycles. The molecule has 1 N–H and O–H groups in total. The van der Waals surface area contributed by atoms with E-state index in [2.05, 4.69) is 0 Å². The largest absolute Gasteiger partial charge is 0.489 e. The van der Waals surface area contributed by atoms with Crippen LogP contribution in [-0.2, 0) is 6.61 Å². The minimum absolute atomic E-state index is 0.0905. The number of hydrogen-bond acceptors (Lipinski definition) is 3. The van der Waals surface area contributed by atoms with Gasteiger partial charge in [0.1, 0.15) is 18.2 Å². The molecular weight excluding hydrogens is 269 g/mol. The first-order valence-electron chi connectivity index (χ1n) is 6.73. The maximum absolute atomic E-state index is 13.7. The van der Waals surface area contributed by atoms with E-state index in [1.807, 2.05) is 13.0 Å². The molecule has 0 amide bonds. The summed E-state index contributed by atoms with van der Waals surface area (Å²) < 4.78 is 19.2. The second-order valence-electron chi connectivity index (χ2n) is 4.70. The second kappa shape index (κ2) is 6.87. The van der Waals surface area contributed by atoms with Crippen molar-refractivity contribution in [2.24, 2.45) is 0 Å². The summed E-state index contributed by atoms with van der Waals surface area (Å²) in [6.07, 6.45) is 0.173. The van der Waals surface area contributed by atoms with E-state index in [0.29, 0.717) is 17.7 Å². The molecule has 2 aromatic carbocycles. The molecule has 0 heterocycles. The lowest BCUT2D eigenvalue weighted by atomic mass is 10.1. The van der Waals surface area contributed by atoms with Crippen LogP contribution in [0.5, 0.6) is 5.75 Å². The molecule has 0 aliphatic carbocycles. The highest BCUT2D eigenvalue weighted by Crippen LogP contribution is 2.21. The van der Waals surface area contributed by atoms with Crippen molar-refractivity contribution in [3.8, 4) is 11.8 Å². The normalized spacial score (nSPS) is 11.7. The van der Waals surface area contributed by atoms with E-state index < -0.39 is 11.9 Å². The molecule has 1 atom stereocenters. The van der Waals surface area contributed by atoms with Gasteiger partial charge < -0.3 is 9.84 Å². The Bertz CT molecular complexity index is 647. The van der Waals surface area contributed by atoms with Gasteiger partial charge in [-0.05, 0) is 36.2 Å².